The SMILES string of the molecule is CNS(=O)(=O)c1ccc(Nc2nc3ccc(C(=O)N(CCC(C)C)CCC(C)C)cc3n2C)cc1. The topological polar surface area (TPSA) is 96.3 Å². The third-order valence-corrected chi connectivity index (χ3v) is 7.49. The van der Waals surface area contributed by atoms with Crippen molar-refractivity contribution in [3.63, 3.8) is 0 Å². The fraction of sp³-hybridized carbons (Fsp3) is 0.462. The molecule has 0 spiro atoms. The number of nitrogens with zero attached hydrogens (tertiary/aromatic N) is 3. The molecule has 8 nitrogen and oxygen atoms in total. The molecule has 0 atom stereocenters. The van der Waals surface area contributed by atoms with E-state index in [9.17, 15) is 13.2 Å². The zero-order valence-electron chi connectivity index (χ0n) is 21.5. The van der Waals surface area contributed by atoms with E-state index in [2.05, 4.69) is 42.7 Å². The van der Waals surface area contributed by atoms with Gasteiger partial charge in [0.25, 0.3) is 5.91 Å². The van der Waals surface area contributed by atoms with Gasteiger partial charge in [-0.1, -0.05) is 27.7 Å². The van der Waals surface area contributed by atoms with E-state index in [-0.39, 0.29) is 10.8 Å². The molecule has 35 heavy (non-hydrogen) atoms. The van der Waals surface area contributed by atoms with Crippen molar-refractivity contribution in [3.8, 4) is 0 Å². The molecule has 0 fully saturated rings. The summed E-state index contributed by atoms with van der Waals surface area (Å²) < 4.78 is 28.1. The van der Waals surface area contributed by atoms with Gasteiger partial charge >= 0.3 is 0 Å². The van der Waals surface area contributed by atoms with E-state index in [1.165, 1.54) is 19.2 Å². The van der Waals surface area contributed by atoms with E-state index in [0.29, 0.717) is 29.0 Å². The summed E-state index contributed by atoms with van der Waals surface area (Å²) in [7, 11) is -0.217. The fourth-order valence-corrected chi connectivity index (χ4v) is 4.45. The van der Waals surface area contributed by atoms with Gasteiger partial charge in [-0.2, -0.15) is 0 Å². The van der Waals surface area contributed by atoms with Crippen LogP contribution in [0.3, 0.4) is 0 Å². The molecule has 0 aliphatic carbocycles. The Bertz CT molecular complexity index is 1250. The zero-order chi connectivity index (χ0) is 25.8. The van der Waals surface area contributed by atoms with Crippen molar-refractivity contribution in [2.75, 3.05) is 25.5 Å². The van der Waals surface area contributed by atoms with E-state index in [1.807, 2.05) is 34.7 Å². The lowest BCUT2D eigenvalue weighted by atomic mass is 10.1. The van der Waals surface area contributed by atoms with Crippen molar-refractivity contribution >= 4 is 38.6 Å². The van der Waals surface area contributed by atoms with Crippen LogP contribution in [0.25, 0.3) is 11.0 Å². The standard InChI is InChI=1S/C26H37N5O3S/c1-18(2)13-15-31(16-14-19(3)4)25(32)20-7-12-23-24(17-20)30(6)26(29-23)28-21-8-10-22(11-9-21)35(33,34)27-5/h7-12,17-19,27H,13-16H2,1-6H3,(H,28,29). The van der Waals surface area contributed by atoms with Gasteiger partial charge in [0, 0.05) is 31.4 Å². The quantitative estimate of drug-likeness (QED) is 0.397. The van der Waals surface area contributed by atoms with Crippen LogP contribution in [0.1, 0.15) is 50.9 Å². The lowest BCUT2D eigenvalue weighted by Gasteiger charge is -2.24. The zero-order valence-corrected chi connectivity index (χ0v) is 22.3. The summed E-state index contributed by atoms with van der Waals surface area (Å²) in [4.78, 5) is 20.2. The number of fused-ring (bicyclic) bond motifs is 1. The Balaban J connectivity index is 1.84. The summed E-state index contributed by atoms with van der Waals surface area (Å²) in [5, 5.41) is 3.24. The Hall–Kier alpha value is -2.91. The van der Waals surface area contributed by atoms with Crippen LogP contribution in [0.4, 0.5) is 11.6 Å². The van der Waals surface area contributed by atoms with Gasteiger partial charge in [0.05, 0.1) is 15.9 Å². The molecule has 0 saturated carbocycles. The number of rotatable bonds is 11. The van der Waals surface area contributed by atoms with Gasteiger partial charge in [0.15, 0.2) is 0 Å². The number of anilines is 2. The fourth-order valence-electron chi connectivity index (χ4n) is 3.72. The molecule has 0 saturated heterocycles. The second kappa shape index (κ2) is 11.2. The number of aromatic nitrogens is 2. The van der Waals surface area contributed by atoms with Crippen LogP contribution in [0.5, 0.6) is 0 Å². The minimum absolute atomic E-state index is 0.0465. The molecule has 0 unspecified atom stereocenters. The minimum atomic E-state index is -3.49. The third kappa shape index (κ3) is 6.61. The van der Waals surface area contributed by atoms with E-state index >= 15 is 0 Å². The number of carbonyl (C=O) groups is 1. The first-order valence-corrected chi connectivity index (χ1v) is 13.6. The second-order valence-corrected chi connectivity index (χ2v) is 11.6. The average Bonchev–Trinajstić information content (AvgIpc) is 3.13. The lowest BCUT2D eigenvalue weighted by Crippen LogP contribution is -2.34. The summed E-state index contributed by atoms with van der Waals surface area (Å²) in [6, 6.07) is 12.1. The molecule has 0 aliphatic rings. The van der Waals surface area contributed by atoms with E-state index in [1.54, 1.807) is 12.1 Å². The number of amides is 1. The number of sulfonamides is 1. The molecule has 2 N–H and O–H groups in total. The number of hydrogen-bond acceptors (Lipinski definition) is 5. The van der Waals surface area contributed by atoms with E-state index in [0.717, 1.165) is 37.0 Å². The van der Waals surface area contributed by atoms with Crippen molar-refractivity contribution in [1.82, 2.24) is 19.2 Å². The first-order valence-electron chi connectivity index (χ1n) is 12.1. The van der Waals surface area contributed by atoms with Crippen LogP contribution in [0.2, 0.25) is 0 Å². The summed E-state index contributed by atoms with van der Waals surface area (Å²) >= 11 is 0. The highest BCUT2D eigenvalue weighted by Crippen LogP contribution is 2.24. The first-order chi connectivity index (χ1) is 16.5. The van der Waals surface area contributed by atoms with Crippen LogP contribution in [0.15, 0.2) is 47.4 Å². The molecule has 2 aromatic carbocycles. The van der Waals surface area contributed by atoms with Crippen LogP contribution in [-0.2, 0) is 17.1 Å². The van der Waals surface area contributed by atoms with Crippen LogP contribution >= 0.6 is 0 Å². The maximum atomic E-state index is 13.4. The van der Waals surface area contributed by atoms with Gasteiger partial charge in [-0.05, 0) is 74.2 Å². The van der Waals surface area contributed by atoms with E-state index in [4.69, 9.17) is 0 Å². The van der Waals surface area contributed by atoms with Gasteiger partial charge in [0.1, 0.15) is 0 Å². The van der Waals surface area contributed by atoms with Crippen LogP contribution in [0, 0.1) is 11.8 Å². The molecule has 1 aromatic heterocycles. The van der Waals surface area contributed by atoms with Crippen molar-refractivity contribution in [3.05, 3.63) is 48.0 Å². The van der Waals surface area contributed by atoms with E-state index < -0.39 is 10.0 Å². The third-order valence-electron chi connectivity index (χ3n) is 6.06. The Kier molecular flexibility index (Phi) is 8.56. The summed E-state index contributed by atoms with van der Waals surface area (Å²) in [6.07, 6.45) is 1.94. The van der Waals surface area contributed by atoms with Gasteiger partial charge in [-0.25, -0.2) is 18.1 Å². The normalized spacial score (nSPS) is 12.0. The molecular weight excluding hydrogens is 462 g/mol. The number of benzene rings is 2. The van der Waals surface area contributed by atoms with Crippen LogP contribution in [-0.4, -0.2) is 48.9 Å². The monoisotopic (exact) mass is 499 g/mol. The van der Waals surface area contributed by atoms with Gasteiger partial charge in [0.2, 0.25) is 16.0 Å². The molecule has 3 rings (SSSR count). The van der Waals surface area contributed by atoms with Crippen molar-refractivity contribution in [2.24, 2.45) is 18.9 Å². The van der Waals surface area contributed by atoms with Gasteiger partial charge < -0.3 is 14.8 Å². The number of aryl methyl sites for hydroxylation is 1. The maximum absolute atomic E-state index is 13.4. The number of imidazole rings is 1. The summed E-state index contributed by atoms with van der Waals surface area (Å²) in [5.74, 6) is 1.71. The molecule has 190 valence electrons. The molecular formula is C26H37N5O3S. The largest absolute Gasteiger partial charge is 0.339 e. The Morgan fingerprint density at radius 2 is 1.60 bits per heavy atom. The molecule has 0 bridgehead atoms. The highest BCUT2D eigenvalue weighted by Gasteiger charge is 2.19. The number of carbonyl (C=O) groups excluding carboxylic acids is 1. The first kappa shape index (κ1) is 26.7. The van der Waals surface area contributed by atoms with Crippen molar-refractivity contribution in [1.29, 1.82) is 0 Å². The molecule has 1 amide bonds. The molecule has 9 heteroatoms. The highest BCUT2D eigenvalue weighted by molar-refractivity contribution is 7.89. The summed E-state index contributed by atoms with van der Waals surface area (Å²) in [6.45, 7) is 10.2. The Morgan fingerprint density at radius 3 is 2.14 bits per heavy atom. The summed E-state index contributed by atoms with van der Waals surface area (Å²) in [5.41, 5.74) is 2.99. The van der Waals surface area contributed by atoms with Gasteiger partial charge in [-0.3, -0.25) is 4.79 Å². The highest BCUT2D eigenvalue weighted by atomic mass is 32.2. The average molecular weight is 500 g/mol. The lowest BCUT2D eigenvalue weighted by molar-refractivity contribution is 0.0741. The van der Waals surface area contributed by atoms with Crippen molar-refractivity contribution in [2.45, 2.75) is 45.4 Å². The Morgan fingerprint density at radius 1 is 1.00 bits per heavy atom. The molecule has 0 aliphatic heterocycles. The maximum Gasteiger partial charge on any atom is 0.253 e. The van der Waals surface area contributed by atoms with Gasteiger partial charge in [-0.15, -0.1) is 0 Å². The molecule has 1 heterocycles. The minimum Gasteiger partial charge on any atom is -0.339 e. The predicted octanol–water partition coefficient (Wildman–Crippen LogP) is 4.76. The molecule has 3 aromatic rings. The van der Waals surface area contributed by atoms with Crippen molar-refractivity contribution < 1.29 is 13.2 Å². The Labute approximate surface area is 208 Å². The number of hydrogen-bond donors (Lipinski definition) is 2. The van der Waals surface area contributed by atoms with Crippen LogP contribution < -0.4 is 10.0 Å². The predicted molar refractivity (Wildman–Crippen MR) is 141 cm³/mol. The molecule has 0 radical (unpaired) electrons. The second-order valence-electron chi connectivity index (χ2n) is 9.71. The number of nitrogens with one attached hydrogen (secondary N) is 2. The smallest absolute Gasteiger partial charge is 0.253 e.